The molecule has 0 atom stereocenters. The third-order valence-electron chi connectivity index (χ3n) is 3.55. The molecule has 0 saturated heterocycles. The molecule has 2 aromatic rings. The summed E-state index contributed by atoms with van der Waals surface area (Å²) in [5.74, 6) is 0.571. The van der Waals surface area contributed by atoms with Crippen LogP contribution in [0.2, 0.25) is 0 Å². The lowest BCUT2D eigenvalue weighted by molar-refractivity contribution is -0.122. The smallest absolute Gasteiger partial charge is 0.220 e. The van der Waals surface area contributed by atoms with Crippen LogP contribution in [0, 0.1) is 5.92 Å². The van der Waals surface area contributed by atoms with Crippen molar-refractivity contribution >= 4 is 17.4 Å². The first-order valence-corrected chi connectivity index (χ1v) is 6.33. The van der Waals surface area contributed by atoms with Crippen LogP contribution in [0.15, 0.2) is 12.1 Å². The highest BCUT2D eigenvalue weighted by molar-refractivity contribution is 5.76. The standard InChI is InChI=1S/C11H15N7O/c12-11(19)7-1-3-8(4-2-7)13-9-5-6-10-14-16-17-18(10)15-9/h5-8H,1-4H2,(H2,12,19)(H,13,15). The first kappa shape index (κ1) is 11.8. The zero-order valence-electron chi connectivity index (χ0n) is 10.4. The molecule has 0 bridgehead atoms. The lowest BCUT2D eigenvalue weighted by Gasteiger charge is -2.27. The van der Waals surface area contributed by atoms with Gasteiger partial charge in [0.15, 0.2) is 5.65 Å². The summed E-state index contributed by atoms with van der Waals surface area (Å²) in [4.78, 5) is 11.1. The summed E-state index contributed by atoms with van der Waals surface area (Å²) in [6.45, 7) is 0. The molecule has 1 saturated carbocycles. The van der Waals surface area contributed by atoms with Gasteiger partial charge in [-0.1, -0.05) is 0 Å². The highest BCUT2D eigenvalue weighted by atomic mass is 16.1. The third kappa shape index (κ3) is 2.47. The van der Waals surface area contributed by atoms with Crippen molar-refractivity contribution in [2.75, 3.05) is 5.32 Å². The number of hydrogen-bond donors (Lipinski definition) is 2. The predicted octanol–water partition coefficient (Wildman–Crippen LogP) is -0.0247. The molecule has 0 unspecified atom stereocenters. The van der Waals surface area contributed by atoms with Crippen LogP contribution in [-0.2, 0) is 4.79 Å². The summed E-state index contributed by atoms with van der Waals surface area (Å²) in [6.07, 6.45) is 3.51. The van der Waals surface area contributed by atoms with Crippen molar-refractivity contribution in [3.05, 3.63) is 12.1 Å². The van der Waals surface area contributed by atoms with E-state index in [4.69, 9.17) is 5.73 Å². The van der Waals surface area contributed by atoms with Gasteiger partial charge in [-0.2, -0.15) is 0 Å². The summed E-state index contributed by atoms with van der Waals surface area (Å²) in [5.41, 5.74) is 5.93. The number of nitrogens with two attached hydrogens (primary N) is 1. The van der Waals surface area contributed by atoms with E-state index in [1.807, 2.05) is 12.1 Å². The van der Waals surface area contributed by atoms with Crippen LogP contribution in [0.5, 0.6) is 0 Å². The monoisotopic (exact) mass is 261 g/mol. The molecule has 3 rings (SSSR count). The maximum atomic E-state index is 11.1. The molecule has 2 heterocycles. The number of fused-ring (bicyclic) bond motifs is 1. The first-order valence-electron chi connectivity index (χ1n) is 6.33. The zero-order valence-corrected chi connectivity index (χ0v) is 10.4. The topological polar surface area (TPSA) is 111 Å². The van der Waals surface area contributed by atoms with Crippen LogP contribution in [0.3, 0.4) is 0 Å². The van der Waals surface area contributed by atoms with Crippen LogP contribution in [-0.4, -0.2) is 37.2 Å². The number of rotatable bonds is 3. The average molecular weight is 261 g/mol. The van der Waals surface area contributed by atoms with E-state index in [1.54, 1.807) is 0 Å². The first-order chi connectivity index (χ1) is 9.22. The highest BCUT2D eigenvalue weighted by Gasteiger charge is 2.24. The van der Waals surface area contributed by atoms with Crippen molar-refractivity contribution in [3.8, 4) is 0 Å². The van der Waals surface area contributed by atoms with Gasteiger partial charge in [0.05, 0.1) is 0 Å². The summed E-state index contributed by atoms with van der Waals surface area (Å²) < 4.78 is 1.39. The summed E-state index contributed by atoms with van der Waals surface area (Å²) in [5, 5.41) is 18.7. The summed E-state index contributed by atoms with van der Waals surface area (Å²) in [7, 11) is 0. The Bertz CT molecular complexity index is 587. The average Bonchev–Trinajstić information content (AvgIpc) is 2.87. The van der Waals surface area contributed by atoms with Gasteiger partial charge in [0, 0.05) is 12.0 Å². The molecule has 2 aromatic heterocycles. The molecule has 19 heavy (non-hydrogen) atoms. The molecule has 1 fully saturated rings. The highest BCUT2D eigenvalue weighted by Crippen LogP contribution is 2.25. The van der Waals surface area contributed by atoms with Crippen molar-refractivity contribution < 1.29 is 4.79 Å². The van der Waals surface area contributed by atoms with Gasteiger partial charge in [-0.15, -0.1) is 14.8 Å². The molecule has 0 aliphatic heterocycles. The Morgan fingerprint density at radius 3 is 2.84 bits per heavy atom. The van der Waals surface area contributed by atoms with Crippen molar-refractivity contribution in [3.63, 3.8) is 0 Å². The van der Waals surface area contributed by atoms with Gasteiger partial charge in [-0.3, -0.25) is 4.79 Å². The second-order valence-electron chi connectivity index (χ2n) is 4.84. The number of amides is 1. The van der Waals surface area contributed by atoms with E-state index in [0.29, 0.717) is 11.7 Å². The minimum Gasteiger partial charge on any atom is -0.369 e. The Hall–Kier alpha value is -2.25. The molecule has 0 spiro atoms. The fourth-order valence-electron chi connectivity index (χ4n) is 2.46. The van der Waals surface area contributed by atoms with Crippen molar-refractivity contribution in [1.29, 1.82) is 0 Å². The van der Waals surface area contributed by atoms with Crippen molar-refractivity contribution in [2.24, 2.45) is 11.7 Å². The van der Waals surface area contributed by atoms with Gasteiger partial charge >= 0.3 is 0 Å². The predicted molar refractivity (Wildman–Crippen MR) is 67.1 cm³/mol. The van der Waals surface area contributed by atoms with Gasteiger partial charge < -0.3 is 11.1 Å². The normalized spacial score (nSPS) is 23.4. The van der Waals surface area contributed by atoms with E-state index in [9.17, 15) is 4.79 Å². The largest absolute Gasteiger partial charge is 0.369 e. The number of aromatic nitrogens is 5. The van der Waals surface area contributed by atoms with Gasteiger partial charge in [-0.25, -0.2) is 0 Å². The molecular formula is C11H15N7O. The number of carbonyl (C=O) groups excluding carboxylic acids is 1. The molecule has 100 valence electrons. The quantitative estimate of drug-likeness (QED) is 0.803. The van der Waals surface area contributed by atoms with E-state index in [-0.39, 0.29) is 11.8 Å². The number of carbonyl (C=O) groups is 1. The number of hydrogen-bond acceptors (Lipinski definition) is 6. The molecule has 1 aliphatic rings. The lowest BCUT2D eigenvalue weighted by atomic mass is 9.85. The summed E-state index contributed by atoms with van der Waals surface area (Å²) in [6, 6.07) is 3.98. The van der Waals surface area contributed by atoms with Crippen LogP contribution < -0.4 is 11.1 Å². The Morgan fingerprint density at radius 1 is 1.32 bits per heavy atom. The molecule has 1 aliphatic carbocycles. The SMILES string of the molecule is NC(=O)C1CCC(Nc2ccc3nnnn3n2)CC1. The Labute approximate surface area is 109 Å². The second-order valence-corrected chi connectivity index (χ2v) is 4.84. The second kappa shape index (κ2) is 4.79. The zero-order chi connectivity index (χ0) is 13.2. The number of primary amides is 1. The van der Waals surface area contributed by atoms with E-state index < -0.39 is 0 Å². The fraction of sp³-hybridized carbons (Fsp3) is 0.545. The minimum atomic E-state index is -0.188. The van der Waals surface area contributed by atoms with E-state index in [2.05, 4.69) is 25.9 Å². The molecule has 0 radical (unpaired) electrons. The number of nitrogens with one attached hydrogen (secondary N) is 1. The molecular weight excluding hydrogens is 246 g/mol. The van der Waals surface area contributed by atoms with Crippen molar-refractivity contribution in [2.45, 2.75) is 31.7 Å². The Morgan fingerprint density at radius 2 is 2.11 bits per heavy atom. The van der Waals surface area contributed by atoms with Crippen molar-refractivity contribution in [1.82, 2.24) is 25.3 Å². The Balaban J connectivity index is 1.64. The van der Waals surface area contributed by atoms with Crippen LogP contribution >= 0.6 is 0 Å². The van der Waals surface area contributed by atoms with Crippen LogP contribution in [0.1, 0.15) is 25.7 Å². The summed E-state index contributed by atoms with van der Waals surface area (Å²) >= 11 is 0. The van der Waals surface area contributed by atoms with Gasteiger partial charge in [0.1, 0.15) is 5.82 Å². The molecule has 8 nitrogen and oxygen atoms in total. The number of nitrogens with zero attached hydrogens (tertiary/aromatic N) is 5. The van der Waals surface area contributed by atoms with Crippen LogP contribution in [0.25, 0.3) is 5.65 Å². The molecule has 0 aromatic carbocycles. The van der Waals surface area contributed by atoms with Crippen LogP contribution in [0.4, 0.5) is 5.82 Å². The number of anilines is 1. The van der Waals surface area contributed by atoms with Gasteiger partial charge in [0.25, 0.3) is 0 Å². The molecule has 3 N–H and O–H groups in total. The van der Waals surface area contributed by atoms with E-state index in [1.165, 1.54) is 4.63 Å². The fourth-order valence-corrected chi connectivity index (χ4v) is 2.46. The molecule has 1 amide bonds. The van der Waals surface area contributed by atoms with E-state index >= 15 is 0 Å². The third-order valence-corrected chi connectivity index (χ3v) is 3.55. The maximum Gasteiger partial charge on any atom is 0.220 e. The van der Waals surface area contributed by atoms with Gasteiger partial charge in [0.2, 0.25) is 5.91 Å². The number of tetrazole rings is 1. The minimum absolute atomic E-state index is 0.0213. The molecule has 8 heteroatoms. The lowest BCUT2D eigenvalue weighted by Crippen LogP contribution is -2.32. The van der Waals surface area contributed by atoms with Gasteiger partial charge in [-0.05, 0) is 48.2 Å². The van der Waals surface area contributed by atoms with E-state index in [0.717, 1.165) is 31.5 Å². The maximum absolute atomic E-state index is 11.1. The Kier molecular flexibility index (Phi) is 2.98.